The second kappa shape index (κ2) is 5.50. The Morgan fingerprint density at radius 1 is 1.33 bits per heavy atom. The van der Waals surface area contributed by atoms with E-state index in [4.69, 9.17) is 0 Å². The first-order valence-corrected chi connectivity index (χ1v) is 7.38. The molecule has 0 unspecified atom stereocenters. The molecule has 0 aliphatic heterocycles. The number of nitrogens with zero attached hydrogens (tertiary/aromatic N) is 1. The minimum atomic E-state index is -0.418. The molecule has 0 aliphatic rings. The predicted octanol–water partition coefficient (Wildman–Crippen LogP) is 4.69. The molecule has 1 aromatic carbocycles. The normalized spacial score (nSPS) is 10.4. The summed E-state index contributed by atoms with van der Waals surface area (Å²) in [5, 5.41) is 0. The quantitative estimate of drug-likeness (QED) is 0.725. The van der Waals surface area contributed by atoms with Crippen LogP contribution in [0.5, 0.6) is 0 Å². The molecule has 1 aromatic heterocycles. The molecule has 1 amide bonds. The Morgan fingerprint density at radius 3 is 2.56 bits per heavy atom. The monoisotopic (exact) mass is 391 g/mol. The number of hydrogen-bond donors (Lipinski definition) is 0. The highest BCUT2D eigenvalue weighted by Gasteiger charge is 2.20. The van der Waals surface area contributed by atoms with Crippen molar-refractivity contribution < 1.29 is 9.18 Å². The van der Waals surface area contributed by atoms with Crippen LogP contribution in [-0.2, 0) is 0 Å². The lowest BCUT2D eigenvalue weighted by molar-refractivity contribution is 0.0992. The van der Waals surface area contributed by atoms with Crippen LogP contribution < -0.4 is 4.90 Å². The Morgan fingerprint density at radius 2 is 2.00 bits per heavy atom. The minimum Gasteiger partial charge on any atom is -0.309 e. The van der Waals surface area contributed by atoms with Crippen LogP contribution in [0, 0.1) is 5.82 Å². The van der Waals surface area contributed by atoms with Crippen LogP contribution >= 0.6 is 43.2 Å². The summed E-state index contributed by atoms with van der Waals surface area (Å²) in [5.41, 5.74) is 0.773. The molecule has 1 heterocycles. The van der Waals surface area contributed by atoms with E-state index in [-0.39, 0.29) is 11.6 Å². The third-order valence-electron chi connectivity index (χ3n) is 2.41. The fraction of sp³-hybridized carbons (Fsp3) is 0.0833. The molecule has 94 valence electrons. The van der Waals surface area contributed by atoms with E-state index in [0.29, 0.717) is 5.56 Å². The van der Waals surface area contributed by atoms with Gasteiger partial charge < -0.3 is 4.90 Å². The number of carbonyl (C=O) groups is 1. The molecule has 0 radical (unpaired) electrons. The highest BCUT2D eigenvalue weighted by Crippen LogP contribution is 2.33. The molecule has 2 rings (SSSR count). The van der Waals surface area contributed by atoms with E-state index >= 15 is 0 Å². The fourth-order valence-electron chi connectivity index (χ4n) is 1.50. The Labute approximate surface area is 125 Å². The molecule has 0 bridgehead atoms. The van der Waals surface area contributed by atoms with E-state index in [0.717, 1.165) is 7.57 Å². The second-order valence-electron chi connectivity index (χ2n) is 3.55. The number of carbonyl (C=O) groups excluding carboxylic acids is 1. The van der Waals surface area contributed by atoms with Gasteiger partial charge in [0.05, 0.1) is 18.8 Å². The second-order valence-corrected chi connectivity index (χ2v) is 7.30. The van der Waals surface area contributed by atoms with Crippen LogP contribution in [0.2, 0.25) is 0 Å². The minimum absolute atomic E-state index is 0.256. The summed E-state index contributed by atoms with van der Waals surface area (Å²) in [7, 11) is 1.55. The van der Waals surface area contributed by atoms with Crippen LogP contribution in [-0.4, -0.2) is 13.0 Å². The van der Waals surface area contributed by atoms with Gasteiger partial charge in [0.2, 0.25) is 0 Å². The van der Waals surface area contributed by atoms with Gasteiger partial charge in [-0.15, -0.1) is 11.3 Å². The number of benzene rings is 1. The average molecular weight is 393 g/mol. The lowest BCUT2D eigenvalue weighted by Crippen LogP contribution is -2.26. The van der Waals surface area contributed by atoms with Crippen LogP contribution in [0.3, 0.4) is 0 Å². The average Bonchev–Trinajstić information content (AvgIpc) is 2.67. The number of anilines is 1. The van der Waals surface area contributed by atoms with Crippen molar-refractivity contribution in [2.24, 2.45) is 0 Å². The zero-order valence-corrected chi connectivity index (χ0v) is 13.3. The zero-order valence-electron chi connectivity index (χ0n) is 9.28. The summed E-state index contributed by atoms with van der Waals surface area (Å²) >= 11 is 8.05. The molecule has 2 aromatic rings. The maximum atomic E-state index is 13.6. The molecule has 0 fully saturated rings. The van der Waals surface area contributed by atoms with Gasteiger partial charge in [-0.25, -0.2) is 4.39 Å². The van der Waals surface area contributed by atoms with E-state index in [2.05, 4.69) is 31.9 Å². The molecular formula is C12H8Br2FNOS. The lowest BCUT2D eigenvalue weighted by Gasteiger charge is -2.17. The smallest absolute Gasteiger partial charge is 0.260 e. The number of thiophene rings is 1. The molecule has 0 aliphatic carbocycles. The van der Waals surface area contributed by atoms with Crippen LogP contribution in [0.4, 0.5) is 10.1 Å². The van der Waals surface area contributed by atoms with E-state index in [1.807, 2.05) is 0 Å². The Hall–Kier alpha value is -0.720. The number of hydrogen-bond acceptors (Lipinski definition) is 2. The van der Waals surface area contributed by atoms with Crippen molar-refractivity contribution >= 4 is 54.8 Å². The summed E-state index contributed by atoms with van der Waals surface area (Å²) in [6.45, 7) is 0. The van der Waals surface area contributed by atoms with Crippen molar-refractivity contribution in [1.29, 1.82) is 0 Å². The van der Waals surface area contributed by atoms with Gasteiger partial charge in [-0.1, -0.05) is 12.1 Å². The summed E-state index contributed by atoms with van der Waals surface area (Å²) < 4.78 is 15.2. The number of amides is 1. The molecule has 0 spiro atoms. The molecule has 6 heteroatoms. The molecule has 0 atom stereocenters. The van der Waals surface area contributed by atoms with Crippen molar-refractivity contribution in [2.45, 2.75) is 0 Å². The first kappa shape index (κ1) is 13.7. The number of halogens is 3. The third kappa shape index (κ3) is 2.65. The van der Waals surface area contributed by atoms with Gasteiger partial charge >= 0.3 is 0 Å². The van der Waals surface area contributed by atoms with Crippen molar-refractivity contribution in [3.05, 3.63) is 49.3 Å². The van der Waals surface area contributed by atoms with E-state index in [1.54, 1.807) is 31.3 Å². The van der Waals surface area contributed by atoms with Crippen molar-refractivity contribution in [3.63, 3.8) is 0 Å². The highest BCUT2D eigenvalue weighted by atomic mass is 79.9. The number of para-hydroxylation sites is 1. The molecular weight excluding hydrogens is 385 g/mol. The SMILES string of the molecule is CN(C(=O)c1cc(Br)sc1Br)c1ccccc1F. The summed E-state index contributed by atoms with van der Waals surface area (Å²) in [5.74, 6) is -0.673. The largest absolute Gasteiger partial charge is 0.309 e. The summed E-state index contributed by atoms with van der Waals surface area (Å²) in [4.78, 5) is 13.5. The Bertz CT molecular complexity index is 600. The molecule has 2 nitrogen and oxygen atoms in total. The van der Waals surface area contributed by atoms with Gasteiger partial charge in [0.15, 0.2) is 0 Å². The van der Waals surface area contributed by atoms with Crippen LogP contribution in [0.1, 0.15) is 10.4 Å². The first-order valence-electron chi connectivity index (χ1n) is 4.98. The van der Waals surface area contributed by atoms with Gasteiger partial charge in [0.25, 0.3) is 5.91 Å². The van der Waals surface area contributed by atoms with E-state index in [1.165, 1.54) is 22.3 Å². The highest BCUT2D eigenvalue weighted by molar-refractivity contribution is 9.12. The summed E-state index contributed by atoms with van der Waals surface area (Å²) in [6.07, 6.45) is 0. The maximum absolute atomic E-state index is 13.6. The maximum Gasteiger partial charge on any atom is 0.260 e. The van der Waals surface area contributed by atoms with Crippen molar-refractivity contribution in [1.82, 2.24) is 0 Å². The van der Waals surface area contributed by atoms with E-state index in [9.17, 15) is 9.18 Å². The third-order valence-corrected chi connectivity index (χ3v) is 4.74. The predicted molar refractivity (Wildman–Crippen MR) is 78.9 cm³/mol. The molecule has 0 saturated heterocycles. The van der Waals surface area contributed by atoms with Crippen molar-refractivity contribution in [2.75, 3.05) is 11.9 Å². The number of rotatable bonds is 2. The van der Waals surface area contributed by atoms with Gasteiger partial charge in [-0.2, -0.15) is 0 Å². The first-order chi connectivity index (χ1) is 8.50. The zero-order chi connectivity index (χ0) is 13.3. The summed E-state index contributed by atoms with van der Waals surface area (Å²) in [6, 6.07) is 7.91. The van der Waals surface area contributed by atoms with Gasteiger partial charge in [0, 0.05) is 7.05 Å². The standard InChI is InChI=1S/C12H8Br2FNOS/c1-16(9-5-3-2-4-8(9)15)12(17)7-6-10(13)18-11(7)14/h2-6H,1H3. The Balaban J connectivity index is 2.35. The van der Waals surface area contributed by atoms with Gasteiger partial charge in [-0.05, 0) is 50.1 Å². The lowest BCUT2D eigenvalue weighted by atomic mass is 10.2. The molecule has 0 N–H and O–H groups in total. The van der Waals surface area contributed by atoms with Crippen LogP contribution in [0.25, 0.3) is 0 Å². The van der Waals surface area contributed by atoms with Crippen molar-refractivity contribution in [3.8, 4) is 0 Å². The molecule has 0 saturated carbocycles. The Kier molecular flexibility index (Phi) is 4.19. The van der Waals surface area contributed by atoms with E-state index < -0.39 is 5.82 Å². The molecule has 18 heavy (non-hydrogen) atoms. The topological polar surface area (TPSA) is 20.3 Å². The van der Waals surface area contributed by atoms with Gasteiger partial charge in [0.1, 0.15) is 5.82 Å². The fourth-order valence-corrected chi connectivity index (χ4v) is 4.28. The van der Waals surface area contributed by atoms with Crippen LogP contribution in [0.15, 0.2) is 37.9 Å². The van der Waals surface area contributed by atoms with Gasteiger partial charge in [-0.3, -0.25) is 4.79 Å².